The number of carbonyl (C=O) groups excluding carboxylic acids is 2. The molecule has 0 saturated heterocycles. The van der Waals surface area contributed by atoms with E-state index in [1.807, 2.05) is 19.9 Å². The number of benzene rings is 1. The Labute approximate surface area is 150 Å². The van der Waals surface area contributed by atoms with Gasteiger partial charge in [0.15, 0.2) is 5.13 Å². The molecule has 2 aromatic rings. The predicted molar refractivity (Wildman–Crippen MR) is 97.1 cm³/mol. The first-order valence-electron chi connectivity index (χ1n) is 8.04. The van der Waals surface area contributed by atoms with Gasteiger partial charge in [0.25, 0.3) is 0 Å². The van der Waals surface area contributed by atoms with Crippen LogP contribution in [0.5, 0.6) is 0 Å². The average molecular weight is 363 g/mol. The second kappa shape index (κ2) is 8.20. The van der Waals surface area contributed by atoms with Crippen LogP contribution >= 0.6 is 11.3 Å². The van der Waals surface area contributed by atoms with E-state index in [0.29, 0.717) is 17.1 Å². The zero-order chi connectivity index (χ0) is 18.6. The second-order valence-electron chi connectivity index (χ2n) is 6.30. The largest absolute Gasteiger partial charge is 0.344 e. The predicted octanol–water partition coefficient (Wildman–Crippen LogP) is 3.28. The first-order valence-corrected chi connectivity index (χ1v) is 8.85. The van der Waals surface area contributed by atoms with Gasteiger partial charge in [0.2, 0.25) is 11.8 Å². The number of anilines is 1. The van der Waals surface area contributed by atoms with Crippen LogP contribution in [0.25, 0.3) is 0 Å². The normalized spacial score (nSPS) is 12.1. The molecule has 1 unspecified atom stereocenters. The molecule has 0 bridgehead atoms. The van der Waals surface area contributed by atoms with Crippen molar-refractivity contribution in [1.29, 1.82) is 0 Å². The molecule has 0 aliphatic carbocycles. The molecule has 2 rings (SSSR count). The number of nitrogens with zero attached hydrogens (tertiary/aromatic N) is 1. The maximum atomic E-state index is 13.6. The van der Waals surface area contributed by atoms with Crippen LogP contribution in [0.1, 0.15) is 36.8 Å². The highest BCUT2D eigenvalue weighted by Crippen LogP contribution is 2.22. The van der Waals surface area contributed by atoms with Crippen molar-refractivity contribution in [3.63, 3.8) is 0 Å². The number of rotatable bonds is 6. The molecule has 1 heterocycles. The Balaban J connectivity index is 2.03. The summed E-state index contributed by atoms with van der Waals surface area (Å²) in [6.07, 6.45) is 2.21. The smallest absolute Gasteiger partial charge is 0.248 e. The Bertz CT molecular complexity index is 773. The molecule has 134 valence electrons. The van der Waals surface area contributed by atoms with Crippen LogP contribution in [-0.4, -0.2) is 22.8 Å². The molecule has 1 atom stereocenters. The molecule has 0 aliphatic rings. The number of aromatic nitrogens is 1. The van der Waals surface area contributed by atoms with Gasteiger partial charge in [-0.1, -0.05) is 26.0 Å². The van der Waals surface area contributed by atoms with Crippen molar-refractivity contribution in [2.24, 2.45) is 5.92 Å². The number of aryl methyl sites for hydroxylation is 1. The highest BCUT2D eigenvalue weighted by atomic mass is 32.1. The van der Waals surface area contributed by atoms with E-state index in [4.69, 9.17) is 0 Å². The highest BCUT2D eigenvalue weighted by Gasteiger charge is 2.23. The first kappa shape index (κ1) is 19.1. The number of hydrogen-bond donors (Lipinski definition) is 2. The maximum Gasteiger partial charge on any atom is 0.248 e. The molecule has 0 spiro atoms. The topological polar surface area (TPSA) is 71.1 Å². The molecule has 25 heavy (non-hydrogen) atoms. The molecule has 0 saturated carbocycles. The summed E-state index contributed by atoms with van der Waals surface area (Å²) in [6.45, 7) is 6.82. The lowest BCUT2D eigenvalue weighted by Crippen LogP contribution is -2.46. The van der Waals surface area contributed by atoms with Crippen molar-refractivity contribution >= 4 is 28.3 Å². The highest BCUT2D eigenvalue weighted by molar-refractivity contribution is 7.15. The molecule has 0 fully saturated rings. The molecule has 0 aliphatic heterocycles. The SMILES string of the molecule is CC(=O)NC(C(=O)Nc1ncc(Cc2ccc(C)c(F)c2)s1)C(C)C. The van der Waals surface area contributed by atoms with E-state index in [1.54, 1.807) is 19.2 Å². The Hall–Kier alpha value is -2.28. The van der Waals surface area contributed by atoms with Gasteiger partial charge in [0.05, 0.1) is 0 Å². The molecular weight excluding hydrogens is 341 g/mol. The van der Waals surface area contributed by atoms with Crippen LogP contribution < -0.4 is 10.6 Å². The third kappa shape index (κ3) is 5.35. The summed E-state index contributed by atoms with van der Waals surface area (Å²) in [7, 11) is 0. The van der Waals surface area contributed by atoms with Crippen LogP contribution in [0.4, 0.5) is 9.52 Å². The van der Waals surface area contributed by atoms with Gasteiger partial charge in [0.1, 0.15) is 11.9 Å². The number of halogens is 1. The van der Waals surface area contributed by atoms with Crippen molar-refractivity contribution in [3.8, 4) is 0 Å². The fourth-order valence-electron chi connectivity index (χ4n) is 2.33. The molecule has 2 N–H and O–H groups in total. The fourth-order valence-corrected chi connectivity index (χ4v) is 3.18. The van der Waals surface area contributed by atoms with Gasteiger partial charge in [-0.25, -0.2) is 9.37 Å². The van der Waals surface area contributed by atoms with E-state index in [9.17, 15) is 14.0 Å². The summed E-state index contributed by atoms with van der Waals surface area (Å²) in [4.78, 5) is 28.7. The molecule has 2 amide bonds. The fraction of sp³-hybridized carbons (Fsp3) is 0.389. The van der Waals surface area contributed by atoms with Crippen molar-refractivity contribution in [3.05, 3.63) is 46.2 Å². The van der Waals surface area contributed by atoms with E-state index >= 15 is 0 Å². The van der Waals surface area contributed by atoms with E-state index in [-0.39, 0.29) is 23.5 Å². The van der Waals surface area contributed by atoms with Crippen LogP contribution in [0, 0.1) is 18.7 Å². The van der Waals surface area contributed by atoms with Crippen LogP contribution in [0.2, 0.25) is 0 Å². The van der Waals surface area contributed by atoms with E-state index in [0.717, 1.165) is 10.4 Å². The lowest BCUT2D eigenvalue weighted by Gasteiger charge is -2.20. The Morgan fingerprint density at radius 2 is 2.04 bits per heavy atom. The van der Waals surface area contributed by atoms with Gasteiger partial charge in [-0.15, -0.1) is 11.3 Å². The maximum absolute atomic E-state index is 13.6. The van der Waals surface area contributed by atoms with Gasteiger partial charge < -0.3 is 10.6 Å². The van der Waals surface area contributed by atoms with Gasteiger partial charge in [-0.2, -0.15) is 0 Å². The Morgan fingerprint density at radius 1 is 1.32 bits per heavy atom. The Kier molecular flexibility index (Phi) is 6.25. The van der Waals surface area contributed by atoms with Crippen molar-refractivity contribution in [1.82, 2.24) is 10.3 Å². The summed E-state index contributed by atoms with van der Waals surface area (Å²) in [5.74, 6) is -0.827. The summed E-state index contributed by atoms with van der Waals surface area (Å²) >= 11 is 1.34. The molecule has 1 aromatic heterocycles. The van der Waals surface area contributed by atoms with E-state index < -0.39 is 6.04 Å². The summed E-state index contributed by atoms with van der Waals surface area (Å²) in [5, 5.41) is 5.84. The summed E-state index contributed by atoms with van der Waals surface area (Å²) in [5.41, 5.74) is 1.46. The molecule has 1 aromatic carbocycles. The van der Waals surface area contributed by atoms with Gasteiger partial charge in [0, 0.05) is 24.4 Å². The number of hydrogen-bond acceptors (Lipinski definition) is 4. The minimum Gasteiger partial charge on any atom is -0.344 e. The third-order valence-corrected chi connectivity index (χ3v) is 4.62. The van der Waals surface area contributed by atoms with Gasteiger partial charge in [-0.3, -0.25) is 9.59 Å². The Morgan fingerprint density at radius 3 is 2.64 bits per heavy atom. The third-order valence-electron chi connectivity index (χ3n) is 3.71. The lowest BCUT2D eigenvalue weighted by molar-refractivity contribution is -0.126. The minimum atomic E-state index is -0.615. The number of carbonyl (C=O) groups is 2. The van der Waals surface area contributed by atoms with E-state index in [1.165, 1.54) is 24.3 Å². The standard InChI is InChI=1S/C18H22FN3O2S/c1-10(2)16(21-12(4)23)17(24)22-18-20-9-14(25-18)7-13-6-5-11(3)15(19)8-13/h5-6,8-10,16H,7H2,1-4H3,(H,21,23)(H,20,22,24). The average Bonchev–Trinajstić information content (AvgIpc) is 2.95. The number of amides is 2. The minimum absolute atomic E-state index is 0.0427. The zero-order valence-electron chi connectivity index (χ0n) is 14.7. The van der Waals surface area contributed by atoms with Crippen molar-refractivity contribution in [2.75, 3.05) is 5.32 Å². The monoisotopic (exact) mass is 363 g/mol. The van der Waals surface area contributed by atoms with E-state index in [2.05, 4.69) is 15.6 Å². The van der Waals surface area contributed by atoms with Gasteiger partial charge >= 0.3 is 0 Å². The zero-order valence-corrected chi connectivity index (χ0v) is 15.5. The summed E-state index contributed by atoms with van der Waals surface area (Å²) in [6, 6.07) is 4.52. The first-order chi connectivity index (χ1) is 11.8. The lowest BCUT2D eigenvalue weighted by atomic mass is 10.0. The number of thiazole rings is 1. The molecular formula is C18H22FN3O2S. The van der Waals surface area contributed by atoms with Gasteiger partial charge in [-0.05, 0) is 30.0 Å². The molecule has 7 heteroatoms. The van der Waals surface area contributed by atoms with Crippen molar-refractivity contribution in [2.45, 2.75) is 40.2 Å². The molecule has 0 radical (unpaired) electrons. The summed E-state index contributed by atoms with van der Waals surface area (Å²) < 4.78 is 13.6. The van der Waals surface area contributed by atoms with Crippen molar-refractivity contribution < 1.29 is 14.0 Å². The number of nitrogens with one attached hydrogen (secondary N) is 2. The van der Waals surface area contributed by atoms with Crippen LogP contribution in [0.3, 0.4) is 0 Å². The quantitative estimate of drug-likeness (QED) is 0.827. The van der Waals surface area contributed by atoms with Crippen LogP contribution in [0.15, 0.2) is 24.4 Å². The van der Waals surface area contributed by atoms with Crippen LogP contribution in [-0.2, 0) is 16.0 Å². The molecule has 5 nitrogen and oxygen atoms in total. The second-order valence-corrected chi connectivity index (χ2v) is 7.42.